The van der Waals surface area contributed by atoms with Gasteiger partial charge < -0.3 is 0 Å². The van der Waals surface area contributed by atoms with Gasteiger partial charge in [-0.1, -0.05) is 12.1 Å². The monoisotopic (exact) mass is 365 g/mol. The highest BCUT2D eigenvalue weighted by Crippen LogP contribution is 2.35. The third-order valence-corrected chi connectivity index (χ3v) is 6.79. The first-order valence-electron chi connectivity index (χ1n) is 7.05. The van der Waals surface area contributed by atoms with Crippen LogP contribution in [-0.4, -0.2) is 30.7 Å². The quantitative estimate of drug-likeness (QED) is 0.651. The van der Waals surface area contributed by atoms with Gasteiger partial charge in [-0.25, -0.2) is 18.4 Å². The van der Waals surface area contributed by atoms with Crippen LogP contribution in [-0.2, 0) is 10.0 Å². The van der Waals surface area contributed by atoms with Crippen molar-refractivity contribution in [3.63, 3.8) is 0 Å². The molecule has 4 rings (SSSR count). The van der Waals surface area contributed by atoms with E-state index in [0.29, 0.717) is 18.7 Å². The minimum atomic E-state index is -3.19. The van der Waals surface area contributed by atoms with E-state index in [4.69, 9.17) is 11.6 Å². The molecule has 0 N–H and O–H groups in total. The molecule has 1 saturated heterocycles. The minimum absolute atomic E-state index is 0.204. The fourth-order valence-electron chi connectivity index (χ4n) is 2.77. The van der Waals surface area contributed by atoms with Gasteiger partial charge >= 0.3 is 0 Å². The molecular formula is C15H12ClN3O2S2. The number of anilines is 1. The van der Waals surface area contributed by atoms with Gasteiger partial charge in [0.2, 0.25) is 15.3 Å². The van der Waals surface area contributed by atoms with Crippen molar-refractivity contribution < 1.29 is 8.42 Å². The predicted octanol–water partition coefficient (Wildman–Crippen LogP) is 3.55. The highest BCUT2D eigenvalue weighted by atomic mass is 35.5. The van der Waals surface area contributed by atoms with Crippen molar-refractivity contribution in [2.75, 3.05) is 16.6 Å². The number of nitrogens with zero attached hydrogens (tertiary/aromatic N) is 3. The van der Waals surface area contributed by atoms with Crippen LogP contribution >= 0.6 is 22.9 Å². The standard InChI is InChI=1S/C15H12ClN3O2S2/c16-15-17-8-13-14(18-15)12(9-22-13)10-3-1-4-11(7-10)19-5-2-6-23(19,20)21/h1,3-4,7-9H,2,5-6H2. The van der Waals surface area contributed by atoms with E-state index in [-0.39, 0.29) is 11.0 Å². The van der Waals surface area contributed by atoms with Crippen LogP contribution in [0.5, 0.6) is 0 Å². The number of hydrogen-bond donors (Lipinski definition) is 0. The van der Waals surface area contributed by atoms with Crippen LogP contribution in [0.2, 0.25) is 5.28 Å². The number of hydrogen-bond acceptors (Lipinski definition) is 5. The van der Waals surface area contributed by atoms with E-state index in [1.165, 1.54) is 15.6 Å². The second-order valence-electron chi connectivity index (χ2n) is 5.29. The maximum absolute atomic E-state index is 12.1. The fourth-order valence-corrected chi connectivity index (χ4v) is 5.33. The van der Waals surface area contributed by atoms with E-state index in [1.807, 2.05) is 29.6 Å². The van der Waals surface area contributed by atoms with Crippen LogP contribution in [0.3, 0.4) is 0 Å². The average Bonchev–Trinajstić information content (AvgIpc) is 3.09. The molecule has 0 bridgehead atoms. The molecule has 0 spiro atoms. The largest absolute Gasteiger partial charge is 0.270 e. The summed E-state index contributed by atoms with van der Waals surface area (Å²) in [6, 6.07) is 7.53. The van der Waals surface area contributed by atoms with Gasteiger partial charge in [0.1, 0.15) is 0 Å². The van der Waals surface area contributed by atoms with E-state index >= 15 is 0 Å². The molecule has 8 heteroatoms. The van der Waals surface area contributed by atoms with Crippen molar-refractivity contribution in [3.8, 4) is 11.1 Å². The molecule has 2 aromatic heterocycles. The maximum Gasteiger partial charge on any atom is 0.235 e. The van der Waals surface area contributed by atoms with Gasteiger partial charge in [-0.15, -0.1) is 11.3 Å². The Kier molecular flexibility index (Phi) is 3.51. The van der Waals surface area contributed by atoms with Crippen LogP contribution in [0.4, 0.5) is 5.69 Å². The minimum Gasteiger partial charge on any atom is -0.270 e. The number of halogens is 1. The summed E-state index contributed by atoms with van der Waals surface area (Å²) < 4.78 is 26.6. The van der Waals surface area contributed by atoms with Gasteiger partial charge in [0.05, 0.1) is 21.7 Å². The lowest BCUT2D eigenvalue weighted by molar-refractivity contribution is 0.599. The van der Waals surface area contributed by atoms with Crippen molar-refractivity contribution >= 4 is 48.9 Å². The molecule has 0 unspecified atom stereocenters. The van der Waals surface area contributed by atoms with Gasteiger partial charge in [0.15, 0.2) is 0 Å². The Bertz CT molecular complexity index is 1000. The Morgan fingerprint density at radius 3 is 2.96 bits per heavy atom. The molecule has 0 radical (unpaired) electrons. The number of rotatable bonds is 2. The second kappa shape index (κ2) is 5.43. The third-order valence-electron chi connectivity index (χ3n) is 3.83. The van der Waals surface area contributed by atoms with Gasteiger partial charge in [0, 0.05) is 23.7 Å². The summed E-state index contributed by atoms with van der Waals surface area (Å²) in [6.07, 6.45) is 2.37. The Labute approximate surface area is 142 Å². The SMILES string of the molecule is O=S1(=O)CCCN1c1cccc(-c2csc3cnc(Cl)nc23)c1. The summed E-state index contributed by atoms with van der Waals surface area (Å²) in [6.45, 7) is 0.532. The number of thiophene rings is 1. The number of sulfonamides is 1. The number of aromatic nitrogens is 2. The molecule has 3 aromatic rings. The summed E-state index contributed by atoms with van der Waals surface area (Å²) in [5, 5.41) is 2.20. The highest BCUT2D eigenvalue weighted by Gasteiger charge is 2.28. The summed E-state index contributed by atoms with van der Waals surface area (Å²) >= 11 is 7.44. The van der Waals surface area contributed by atoms with E-state index in [2.05, 4.69) is 9.97 Å². The van der Waals surface area contributed by atoms with E-state index < -0.39 is 10.0 Å². The lowest BCUT2D eigenvalue weighted by atomic mass is 10.1. The average molecular weight is 366 g/mol. The van der Waals surface area contributed by atoms with Gasteiger partial charge in [0.25, 0.3) is 0 Å². The smallest absolute Gasteiger partial charge is 0.235 e. The Morgan fingerprint density at radius 1 is 1.30 bits per heavy atom. The van der Waals surface area contributed by atoms with E-state index in [0.717, 1.165) is 21.3 Å². The van der Waals surface area contributed by atoms with Crippen molar-refractivity contribution in [1.82, 2.24) is 9.97 Å². The summed E-state index contributed by atoms with van der Waals surface area (Å²) in [5.74, 6) is 0.210. The summed E-state index contributed by atoms with van der Waals surface area (Å²) in [7, 11) is -3.19. The molecule has 1 aromatic carbocycles. The molecule has 1 aliphatic heterocycles. The zero-order valence-electron chi connectivity index (χ0n) is 11.9. The topological polar surface area (TPSA) is 63.2 Å². The molecule has 0 atom stereocenters. The lowest BCUT2D eigenvalue weighted by Crippen LogP contribution is -2.24. The molecule has 1 aliphatic rings. The molecule has 23 heavy (non-hydrogen) atoms. The molecule has 118 valence electrons. The van der Waals surface area contributed by atoms with Crippen molar-refractivity contribution in [2.45, 2.75) is 6.42 Å². The predicted molar refractivity (Wildman–Crippen MR) is 93.6 cm³/mol. The number of fused-ring (bicyclic) bond motifs is 1. The zero-order chi connectivity index (χ0) is 16.0. The molecule has 0 amide bonds. The zero-order valence-corrected chi connectivity index (χ0v) is 14.3. The Balaban J connectivity index is 1.83. The lowest BCUT2D eigenvalue weighted by Gasteiger charge is -2.17. The Hall–Kier alpha value is -1.70. The molecule has 0 saturated carbocycles. The van der Waals surface area contributed by atoms with E-state index in [1.54, 1.807) is 6.20 Å². The van der Waals surface area contributed by atoms with Gasteiger partial charge in [-0.3, -0.25) is 4.31 Å². The molecule has 5 nitrogen and oxygen atoms in total. The van der Waals surface area contributed by atoms with Crippen LogP contribution < -0.4 is 4.31 Å². The Morgan fingerprint density at radius 2 is 2.17 bits per heavy atom. The molecular weight excluding hydrogens is 354 g/mol. The third kappa shape index (κ3) is 2.58. The maximum atomic E-state index is 12.1. The normalized spacial score (nSPS) is 17.0. The van der Waals surface area contributed by atoms with Crippen molar-refractivity contribution in [1.29, 1.82) is 0 Å². The van der Waals surface area contributed by atoms with Gasteiger partial charge in [-0.05, 0) is 35.7 Å². The van der Waals surface area contributed by atoms with E-state index in [9.17, 15) is 8.42 Å². The molecule has 0 aliphatic carbocycles. The first kappa shape index (κ1) is 14.9. The second-order valence-corrected chi connectivity index (χ2v) is 8.56. The number of benzene rings is 1. The van der Waals surface area contributed by atoms with Crippen LogP contribution in [0.15, 0.2) is 35.8 Å². The van der Waals surface area contributed by atoms with Gasteiger partial charge in [-0.2, -0.15) is 0 Å². The van der Waals surface area contributed by atoms with Crippen LogP contribution in [0.25, 0.3) is 21.3 Å². The fraction of sp³-hybridized carbons (Fsp3) is 0.200. The highest BCUT2D eigenvalue weighted by molar-refractivity contribution is 7.93. The summed E-state index contributed by atoms with van der Waals surface area (Å²) in [4.78, 5) is 8.29. The first-order chi connectivity index (χ1) is 11.0. The molecule has 1 fully saturated rings. The van der Waals surface area contributed by atoms with Crippen molar-refractivity contribution in [2.24, 2.45) is 0 Å². The summed E-state index contributed by atoms with van der Waals surface area (Å²) in [5.41, 5.74) is 3.34. The molecule has 3 heterocycles. The van der Waals surface area contributed by atoms with Crippen LogP contribution in [0, 0.1) is 0 Å². The first-order valence-corrected chi connectivity index (χ1v) is 9.92. The van der Waals surface area contributed by atoms with Crippen LogP contribution in [0.1, 0.15) is 6.42 Å². The van der Waals surface area contributed by atoms with Crippen molar-refractivity contribution in [3.05, 3.63) is 41.1 Å².